The monoisotopic (exact) mass is 389 g/mol. The lowest BCUT2D eigenvalue weighted by atomic mass is 10.0. The summed E-state index contributed by atoms with van der Waals surface area (Å²) in [7, 11) is 3.31. The largest absolute Gasteiger partial charge is 0.497 e. The second-order valence-electron chi connectivity index (χ2n) is 7.02. The molecule has 1 N–H and O–H groups in total. The highest BCUT2D eigenvalue weighted by Gasteiger charge is 2.30. The minimum atomic E-state index is -0.649. The molecule has 3 rings (SSSR count). The first-order chi connectivity index (χ1) is 13.6. The van der Waals surface area contributed by atoms with Crippen molar-refractivity contribution in [2.24, 2.45) is 0 Å². The van der Waals surface area contributed by atoms with Crippen LogP contribution in [0.5, 0.6) is 11.5 Å². The van der Waals surface area contributed by atoms with Crippen LogP contribution in [0.15, 0.2) is 42.5 Å². The topological polar surface area (TPSA) is 51.2 Å². The van der Waals surface area contributed by atoms with Gasteiger partial charge in [-0.3, -0.25) is 4.90 Å². The lowest BCUT2D eigenvalue weighted by molar-refractivity contribution is 0.00685. The summed E-state index contributed by atoms with van der Waals surface area (Å²) in [6, 6.07) is 12.5. The maximum atomic E-state index is 13.6. The number of likely N-dealkylation sites (tertiary alicyclic amines) is 1. The Bertz CT molecular complexity index is 770. The van der Waals surface area contributed by atoms with Gasteiger partial charge in [0.15, 0.2) is 0 Å². The van der Waals surface area contributed by atoms with Crippen LogP contribution >= 0.6 is 0 Å². The number of methoxy groups -OCH3 is 2. The van der Waals surface area contributed by atoms with Gasteiger partial charge < -0.3 is 19.3 Å². The van der Waals surface area contributed by atoms with Gasteiger partial charge in [0.05, 0.1) is 33.5 Å². The van der Waals surface area contributed by atoms with Crippen LogP contribution in [0.1, 0.15) is 30.0 Å². The summed E-state index contributed by atoms with van der Waals surface area (Å²) in [5, 5.41) is 10.4. The van der Waals surface area contributed by atoms with Crippen molar-refractivity contribution in [1.82, 2.24) is 4.90 Å². The Kier molecular flexibility index (Phi) is 7.25. The highest BCUT2D eigenvalue weighted by molar-refractivity contribution is 5.42. The smallest absolute Gasteiger partial charge is 0.128 e. The third-order valence-corrected chi connectivity index (χ3v) is 5.13. The van der Waals surface area contributed by atoms with E-state index in [9.17, 15) is 9.50 Å². The molecule has 1 saturated heterocycles. The molecule has 5 nitrogen and oxygen atoms in total. The molecule has 152 valence electrons. The minimum Gasteiger partial charge on any atom is -0.497 e. The molecule has 1 heterocycles. The van der Waals surface area contributed by atoms with Crippen molar-refractivity contribution in [1.29, 1.82) is 0 Å². The Labute approximate surface area is 165 Å². The lowest BCUT2D eigenvalue weighted by Gasteiger charge is -2.28. The van der Waals surface area contributed by atoms with Gasteiger partial charge in [0.1, 0.15) is 17.3 Å². The van der Waals surface area contributed by atoms with Crippen LogP contribution in [-0.4, -0.2) is 50.0 Å². The third kappa shape index (κ3) is 5.01. The number of nitrogens with zero attached hydrogens (tertiary/aromatic N) is 1. The van der Waals surface area contributed by atoms with E-state index in [0.717, 1.165) is 36.4 Å². The number of ether oxygens (including phenoxy) is 3. The molecule has 1 aliphatic rings. The average molecular weight is 389 g/mol. The van der Waals surface area contributed by atoms with Crippen LogP contribution in [0.4, 0.5) is 4.39 Å². The molecule has 2 aromatic rings. The maximum Gasteiger partial charge on any atom is 0.128 e. The van der Waals surface area contributed by atoms with Crippen molar-refractivity contribution < 1.29 is 23.7 Å². The zero-order valence-electron chi connectivity index (χ0n) is 16.4. The van der Waals surface area contributed by atoms with Crippen LogP contribution in [-0.2, 0) is 11.3 Å². The highest BCUT2D eigenvalue weighted by Crippen LogP contribution is 2.38. The van der Waals surface area contributed by atoms with Gasteiger partial charge in [-0.2, -0.15) is 0 Å². The number of benzene rings is 2. The van der Waals surface area contributed by atoms with Crippen molar-refractivity contribution in [3.8, 4) is 11.5 Å². The van der Waals surface area contributed by atoms with Gasteiger partial charge >= 0.3 is 0 Å². The van der Waals surface area contributed by atoms with Gasteiger partial charge in [0, 0.05) is 23.7 Å². The summed E-state index contributed by atoms with van der Waals surface area (Å²) >= 11 is 0. The van der Waals surface area contributed by atoms with E-state index in [0.29, 0.717) is 12.1 Å². The molecule has 6 heteroatoms. The molecule has 1 aliphatic heterocycles. The van der Waals surface area contributed by atoms with E-state index in [1.807, 2.05) is 18.2 Å². The second-order valence-corrected chi connectivity index (χ2v) is 7.02. The van der Waals surface area contributed by atoms with Crippen molar-refractivity contribution >= 4 is 0 Å². The summed E-state index contributed by atoms with van der Waals surface area (Å²) in [6.07, 6.45) is 1.39. The molecule has 2 aromatic carbocycles. The quantitative estimate of drug-likeness (QED) is 0.711. The molecule has 1 fully saturated rings. The normalized spacial score (nSPS) is 18.2. The molecular weight excluding hydrogens is 361 g/mol. The van der Waals surface area contributed by atoms with Gasteiger partial charge in [0.2, 0.25) is 0 Å². The number of aliphatic hydroxyl groups excluding tert-OH is 1. The summed E-state index contributed by atoms with van der Waals surface area (Å²) in [5.41, 5.74) is 1.56. The standard InChI is InChI=1S/C22H28FNO4/c1-26-18-9-10-22(27-2)19(12-18)21-8-5-11-24(21)13-17(25)15-28-14-16-6-3-4-7-20(16)23/h3-4,6-7,9-10,12,17,21,25H,5,8,11,13-15H2,1-2H3. The molecular formula is C22H28FNO4. The van der Waals surface area contributed by atoms with Crippen molar-refractivity contribution in [3.05, 3.63) is 59.4 Å². The second kappa shape index (κ2) is 9.87. The average Bonchev–Trinajstić information content (AvgIpc) is 3.16. The Morgan fingerprint density at radius 1 is 1.18 bits per heavy atom. The van der Waals surface area contributed by atoms with Gasteiger partial charge in [-0.25, -0.2) is 4.39 Å². The van der Waals surface area contributed by atoms with Crippen LogP contribution in [0.25, 0.3) is 0 Å². The fourth-order valence-electron chi connectivity index (χ4n) is 3.74. The summed E-state index contributed by atoms with van der Waals surface area (Å²) in [6.45, 7) is 1.70. The number of rotatable bonds is 9. The SMILES string of the molecule is COc1ccc(OC)c(C2CCCN2CC(O)COCc2ccccc2F)c1. The van der Waals surface area contributed by atoms with Crippen LogP contribution in [0.3, 0.4) is 0 Å². The minimum absolute atomic E-state index is 0.150. The third-order valence-electron chi connectivity index (χ3n) is 5.13. The van der Waals surface area contributed by atoms with E-state index in [1.54, 1.807) is 32.4 Å². The predicted octanol–water partition coefficient (Wildman–Crippen LogP) is 3.56. The molecule has 28 heavy (non-hydrogen) atoms. The van der Waals surface area contributed by atoms with Gasteiger partial charge in [-0.15, -0.1) is 0 Å². The molecule has 0 saturated carbocycles. The number of aliphatic hydroxyl groups is 1. The van der Waals surface area contributed by atoms with Crippen LogP contribution in [0, 0.1) is 5.82 Å². The summed E-state index contributed by atoms with van der Waals surface area (Å²) in [5.74, 6) is 1.32. The van der Waals surface area contributed by atoms with E-state index in [2.05, 4.69) is 4.90 Å². The van der Waals surface area contributed by atoms with Crippen molar-refractivity contribution in [2.75, 3.05) is 33.9 Å². The fraction of sp³-hybridized carbons (Fsp3) is 0.455. The Morgan fingerprint density at radius 2 is 2.00 bits per heavy atom. The zero-order valence-corrected chi connectivity index (χ0v) is 16.4. The zero-order chi connectivity index (χ0) is 19.9. The molecule has 2 unspecified atom stereocenters. The van der Waals surface area contributed by atoms with Gasteiger partial charge in [-0.05, 0) is 43.7 Å². The fourth-order valence-corrected chi connectivity index (χ4v) is 3.74. The van der Waals surface area contributed by atoms with E-state index >= 15 is 0 Å². The molecule has 0 spiro atoms. The summed E-state index contributed by atoms with van der Waals surface area (Å²) in [4.78, 5) is 2.24. The first kappa shape index (κ1) is 20.6. The molecule has 0 radical (unpaired) electrons. The van der Waals surface area contributed by atoms with Crippen LogP contribution < -0.4 is 9.47 Å². The first-order valence-electron chi connectivity index (χ1n) is 9.57. The number of hydrogen-bond acceptors (Lipinski definition) is 5. The van der Waals surface area contributed by atoms with Crippen molar-refractivity contribution in [2.45, 2.75) is 31.6 Å². The lowest BCUT2D eigenvalue weighted by Crippen LogP contribution is -2.34. The Morgan fingerprint density at radius 3 is 2.75 bits per heavy atom. The van der Waals surface area contributed by atoms with E-state index in [-0.39, 0.29) is 25.1 Å². The predicted molar refractivity (Wildman–Crippen MR) is 105 cm³/mol. The molecule has 2 atom stereocenters. The number of β-amino-alcohol motifs (C(OH)–C–C–N with tert-alkyl or cyclic N) is 1. The van der Waals surface area contributed by atoms with E-state index in [1.165, 1.54) is 6.07 Å². The van der Waals surface area contributed by atoms with Gasteiger partial charge in [-0.1, -0.05) is 18.2 Å². The highest BCUT2D eigenvalue weighted by atomic mass is 19.1. The van der Waals surface area contributed by atoms with E-state index in [4.69, 9.17) is 14.2 Å². The Balaban J connectivity index is 1.58. The molecule has 0 aromatic heterocycles. The molecule has 0 bridgehead atoms. The number of hydrogen-bond donors (Lipinski definition) is 1. The van der Waals surface area contributed by atoms with Crippen molar-refractivity contribution in [3.63, 3.8) is 0 Å². The first-order valence-corrected chi connectivity index (χ1v) is 9.57. The Hall–Kier alpha value is -2.15. The van der Waals surface area contributed by atoms with Gasteiger partial charge in [0.25, 0.3) is 0 Å². The van der Waals surface area contributed by atoms with Crippen LogP contribution in [0.2, 0.25) is 0 Å². The molecule has 0 amide bonds. The summed E-state index contributed by atoms with van der Waals surface area (Å²) < 4.78 is 30.1. The van der Waals surface area contributed by atoms with E-state index < -0.39 is 6.10 Å². The maximum absolute atomic E-state index is 13.6. The number of halogens is 1. The molecule has 0 aliphatic carbocycles.